The van der Waals surface area contributed by atoms with Crippen molar-refractivity contribution < 1.29 is 18.7 Å². The summed E-state index contributed by atoms with van der Waals surface area (Å²) in [6, 6.07) is 13.0. The van der Waals surface area contributed by atoms with Crippen molar-refractivity contribution >= 4 is 16.8 Å². The number of hydrogen-bond donors (Lipinski definition) is 0. The average Bonchev–Trinajstić information content (AvgIpc) is 2.78. The lowest BCUT2D eigenvalue weighted by Crippen LogP contribution is -2.15. The number of ketones is 1. The molecule has 0 fully saturated rings. The van der Waals surface area contributed by atoms with Gasteiger partial charge in [-0.25, -0.2) is 4.79 Å². The summed E-state index contributed by atoms with van der Waals surface area (Å²) in [6.07, 6.45) is 3.76. The number of nitrogens with zero attached hydrogens (tertiary/aromatic N) is 1. The number of nitriles is 1. The molecule has 0 amide bonds. The highest BCUT2D eigenvalue weighted by Gasteiger charge is 2.19. The van der Waals surface area contributed by atoms with Gasteiger partial charge in [-0.05, 0) is 43.2 Å². The molecule has 0 unspecified atom stereocenters. The summed E-state index contributed by atoms with van der Waals surface area (Å²) < 4.78 is 17.2. The first-order valence-corrected chi connectivity index (χ1v) is 10.5. The van der Waals surface area contributed by atoms with Crippen LogP contribution in [0.15, 0.2) is 51.7 Å². The van der Waals surface area contributed by atoms with E-state index < -0.39 is 11.4 Å². The summed E-state index contributed by atoms with van der Waals surface area (Å²) >= 11 is 0. The lowest BCUT2D eigenvalue weighted by molar-refractivity contribution is 0.103. The van der Waals surface area contributed by atoms with Gasteiger partial charge in [0, 0.05) is 17.7 Å². The van der Waals surface area contributed by atoms with Crippen LogP contribution in [0.25, 0.3) is 11.0 Å². The van der Waals surface area contributed by atoms with Crippen LogP contribution in [0.5, 0.6) is 11.5 Å². The zero-order valence-electron chi connectivity index (χ0n) is 17.8. The number of rotatable bonds is 10. The highest BCUT2D eigenvalue weighted by molar-refractivity contribution is 6.10. The van der Waals surface area contributed by atoms with Gasteiger partial charge in [-0.15, -0.1) is 0 Å². The van der Waals surface area contributed by atoms with E-state index in [9.17, 15) is 9.59 Å². The van der Waals surface area contributed by atoms with Crippen molar-refractivity contribution in [1.29, 1.82) is 5.26 Å². The van der Waals surface area contributed by atoms with E-state index in [4.69, 9.17) is 19.2 Å². The third-order valence-corrected chi connectivity index (χ3v) is 4.83. The zero-order chi connectivity index (χ0) is 22.2. The molecule has 6 heteroatoms. The maximum Gasteiger partial charge on any atom is 0.347 e. The molecule has 160 valence electrons. The van der Waals surface area contributed by atoms with Gasteiger partial charge in [0.1, 0.15) is 22.6 Å². The van der Waals surface area contributed by atoms with Crippen molar-refractivity contribution in [2.75, 3.05) is 13.2 Å². The number of unbranched alkanes of at least 4 members (excludes halogenated alkanes) is 2. The molecule has 3 rings (SSSR count). The number of fused-ring (bicyclic) bond motifs is 1. The van der Waals surface area contributed by atoms with E-state index >= 15 is 0 Å². The lowest BCUT2D eigenvalue weighted by Gasteiger charge is -2.13. The van der Waals surface area contributed by atoms with Gasteiger partial charge in [0.2, 0.25) is 0 Å². The topological polar surface area (TPSA) is 89.5 Å². The van der Waals surface area contributed by atoms with Gasteiger partial charge >= 0.3 is 5.63 Å². The predicted octanol–water partition coefficient (Wildman–Crippen LogP) is 5.25. The number of carbonyl (C=O) groups excluding carboxylic acids is 1. The van der Waals surface area contributed by atoms with Gasteiger partial charge in [-0.2, -0.15) is 5.26 Å². The standard InChI is InChI=1S/C25H25NO5/c1-3-5-11-29-19-13-22(30-12-6-4-2)20-15-21(25(28)31-23(20)14-19)24(27)18-9-7-17(16-26)8-10-18/h7-10,13-15H,3-6,11-12H2,1-2H3. The van der Waals surface area contributed by atoms with Crippen LogP contribution in [-0.2, 0) is 0 Å². The molecule has 31 heavy (non-hydrogen) atoms. The second-order valence-corrected chi connectivity index (χ2v) is 7.20. The second kappa shape index (κ2) is 10.4. The molecule has 0 aliphatic heterocycles. The van der Waals surface area contributed by atoms with Crippen molar-refractivity contribution in [3.63, 3.8) is 0 Å². The molecule has 2 aromatic carbocycles. The molecule has 1 heterocycles. The molecule has 0 radical (unpaired) electrons. The van der Waals surface area contributed by atoms with Gasteiger partial charge in [0.25, 0.3) is 0 Å². The monoisotopic (exact) mass is 419 g/mol. The highest BCUT2D eigenvalue weighted by atomic mass is 16.5. The highest BCUT2D eigenvalue weighted by Crippen LogP contribution is 2.32. The Morgan fingerprint density at radius 3 is 2.32 bits per heavy atom. The van der Waals surface area contributed by atoms with Crippen LogP contribution in [0.3, 0.4) is 0 Å². The van der Waals surface area contributed by atoms with Gasteiger partial charge in [-0.1, -0.05) is 26.7 Å². The van der Waals surface area contributed by atoms with Crippen molar-refractivity contribution in [3.05, 3.63) is 69.6 Å². The van der Waals surface area contributed by atoms with Crippen LogP contribution in [0.1, 0.15) is 61.0 Å². The van der Waals surface area contributed by atoms with E-state index in [1.54, 1.807) is 12.1 Å². The van der Waals surface area contributed by atoms with Crippen LogP contribution in [0.4, 0.5) is 0 Å². The Kier molecular flexibility index (Phi) is 7.45. The predicted molar refractivity (Wildman–Crippen MR) is 118 cm³/mol. The minimum atomic E-state index is -0.730. The van der Waals surface area contributed by atoms with E-state index in [1.807, 2.05) is 6.07 Å². The van der Waals surface area contributed by atoms with E-state index in [-0.39, 0.29) is 5.56 Å². The molecule has 0 aliphatic carbocycles. The Morgan fingerprint density at radius 2 is 1.68 bits per heavy atom. The minimum Gasteiger partial charge on any atom is -0.493 e. The molecular weight excluding hydrogens is 394 g/mol. The summed E-state index contributed by atoms with van der Waals surface area (Å²) in [5.41, 5.74) is 0.231. The Labute approximate surface area is 181 Å². The Morgan fingerprint density at radius 1 is 1.00 bits per heavy atom. The van der Waals surface area contributed by atoms with Crippen LogP contribution >= 0.6 is 0 Å². The first-order chi connectivity index (χ1) is 15.1. The minimum absolute atomic E-state index is 0.0859. The summed E-state index contributed by atoms with van der Waals surface area (Å²) in [4.78, 5) is 25.5. The molecule has 3 aromatic rings. The molecule has 0 saturated heterocycles. The third kappa shape index (κ3) is 5.32. The zero-order valence-corrected chi connectivity index (χ0v) is 17.8. The van der Waals surface area contributed by atoms with Gasteiger partial charge < -0.3 is 13.9 Å². The van der Waals surface area contributed by atoms with E-state index in [0.29, 0.717) is 46.8 Å². The number of carbonyl (C=O) groups is 1. The van der Waals surface area contributed by atoms with Crippen LogP contribution in [0, 0.1) is 11.3 Å². The summed E-state index contributed by atoms with van der Waals surface area (Å²) in [5.74, 6) is 0.597. The van der Waals surface area contributed by atoms with Crippen LogP contribution < -0.4 is 15.1 Å². The fourth-order valence-corrected chi connectivity index (χ4v) is 3.04. The largest absolute Gasteiger partial charge is 0.493 e. The normalized spacial score (nSPS) is 10.6. The van der Waals surface area contributed by atoms with Crippen molar-refractivity contribution in [3.8, 4) is 17.6 Å². The Hall–Kier alpha value is -3.59. The molecule has 0 bridgehead atoms. The lowest BCUT2D eigenvalue weighted by atomic mass is 10.0. The number of ether oxygens (including phenoxy) is 2. The van der Waals surface area contributed by atoms with Crippen molar-refractivity contribution in [1.82, 2.24) is 0 Å². The number of benzene rings is 2. The maximum atomic E-state index is 12.9. The van der Waals surface area contributed by atoms with Crippen molar-refractivity contribution in [2.24, 2.45) is 0 Å². The van der Waals surface area contributed by atoms with E-state index in [0.717, 1.165) is 25.7 Å². The fraction of sp³-hybridized carbons (Fsp3) is 0.320. The Balaban J connectivity index is 2.03. The van der Waals surface area contributed by atoms with Crippen LogP contribution in [0.2, 0.25) is 0 Å². The first-order valence-electron chi connectivity index (χ1n) is 10.5. The maximum absolute atomic E-state index is 12.9. The molecule has 0 spiro atoms. The first kappa shape index (κ1) is 22.1. The average molecular weight is 419 g/mol. The summed E-state index contributed by atoms with van der Waals surface area (Å²) in [7, 11) is 0. The molecular formula is C25H25NO5. The van der Waals surface area contributed by atoms with Gasteiger partial charge in [-0.3, -0.25) is 4.79 Å². The van der Waals surface area contributed by atoms with E-state index in [1.165, 1.54) is 30.3 Å². The van der Waals surface area contributed by atoms with Gasteiger partial charge in [0.05, 0.1) is 30.2 Å². The fourth-order valence-electron chi connectivity index (χ4n) is 3.04. The SMILES string of the molecule is CCCCOc1cc(OCCCC)c2cc(C(=O)c3ccc(C#N)cc3)c(=O)oc2c1. The van der Waals surface area contributed by atoms with E-state index in [2.05, 4.69) is 13.8 Å². The summed E-state index contributed by atoms with van der Waals surface area (Å²) in [6.45, 7) is 5.20. The molecule has 0 saturated carbocycles. The molecule has 1 aromatic heterocycles. The summed E-state index contributed by atoms with van der Waals surface area (Å²) in [5, 5.41) is 9.47. The quantitative estimate of drug-likeness (QED) is 0.253. The molecule has 0 atom stereocenters. The van der Waals surface area contributed by atoms with Crippen molar-refractivity contribution in [2.45, 2.75) is 39.5 Å². The van der Waals surface area contributed by atoms with Gasteiger partial charge in [0.15, 0.2) is 5.78 Å². The molecule has 6 nitrogen and oxygen atoms in total. The third-order valence-electron chi connectivity index (χ3n) is 4.83. The molecule has 0 N–H and O–H groups in total. The second-order valence-electron chi connectivity index (χ2n) is 7.20. The Bertz CT molecular complexity index is 1160. The van der Waals surface area contributed by atoms with Crippen LogP contribution in [-0.4, -0.2) is 19.0 Å². The smallest absolute Gasteiger partial charge is 0.347 e. The number of hydrogen-bond acceptors (Lipinski definition) is 6. The molecule has 0 aliphatic rings.